The van der Waals surface area contributed by atoms with E-state index in [2.05, 4.69) is 0 Å². The summed E-state index contributed by atoms with van der Waals surface area (Å²) in [6.07, 6.45) is 2.42. The van der Waals surface area contributed by atoms with E-state index in [0.717, 1.165) is 34.9 Å². The molecule has 5 nitrogen and oxygen atoms in total. The van der Waals surface area contributed by atoms with Gasteiger partial charge in [0, 0.05) is 22.5 Å². The first-order valence-corrected chi connectivity index (χ1v) is 10.6. The van der Waals surface area contributed by atoms with Crippen LogP contribution in [0.3, 0.4) is 0 Å². The molecule has 1 aliphatic heterocycles. The van der Waals surface area contributed by atoms with Crippen LogP contribution < -0.4 is 0 Å². The highest BCUT2D eigenvalue weighted by Gasteiger charge is 2.47. The van der Waals surface area contributed by atoms with E-state index in [9.17, 15) is 14.7 Å². The Morgan fingerprint density at radius 2 is 1.83 bits per heavy atom. The van der Waals surface area contributed by atoms with Crippen LogP contribution in [0.4, 0.5) is 0 Å². The number of carbonyl (C=O) groups is 2. The zero-order valence-corrected chi connectivity index (χ0v) is 17.8. The van der Waals surface area contributed by atoms with E-state index in [1.165, 1.54) is 4.90 Å². The number of amides is 1. The van der Waals surface area contributed by atoms with Crippen molar-refractivity contribution in [2.24, 2.45) is 0 Å². The Hall–Kier alpha value is -2.79. The summed E-state index contributed by atoms with van der Waals surface area (Å²) in [4.78, 5) is 27.0. The number of hydrogen-bond donors (Lipinski definition) is 1. The van der Waals surface area contributed by atoms with E-state index in [1.807, 2.05) is 56.3 Å². The van der Waals surface area contributed by atoms with Crippen LogP contribution in [0.25, 0.3) is 22.1 Å². The van der Waals surface area contributed by atoms with Gasteiger partial charge in [0.1, 0.15) is 11.1 Å². The van der Waals surface area contributed by atoms with Gasteiger partial charge >= 0.3 is 5.97 Å². The van der Waals surface area contributed by atoms with Crippen molar-refractivity contribution >= 4 is 34.4 Å². The molecule has 30 heavy (non-hydrogen) atoms. The van der Waals surface area contributed by atoms with Crippen molar-refractivity contribution in [2.45, 2.75) is 45.1 Å². The van der Waals surface area contributed by atoms with Crippen molar-refractivity contribution in [3.05, 3.63) is 58.8 Å². The molecule has 4 rings (SSSR count). The van der Waals surface area contributed by atoms with Crippen molar-refractivity contribution in [3.63, 3.8) is 0 Å². The van der Waals surface area contributed by atoms with Crippen molar-refractivity contribution in [1.82, 2.24) is 4.90 Å². The molecule has 156 valence electrons. The van der Waals surface area contributed by atoms with Gasteiger partial charge in [0.25, 0.3) is 5.91 Å². The number of likely N-dealkylation sites (tertiary alicyclic amines) is 1. The Bertz CT molecular complexity index is 1120. The second-order valence-electron chi connectivity index (χ2n) is 7.88. The molecule has 1 amide bonds. The number of carbonyl (C=O) groups excluding carboxylic acids is 1. The molecule has 1 N–H and O–H groups in total. The maximum atomic E-state index is 13.4. The average Bonchev–Trinajstić information content (AvgIpc) is 3.09. The van der Waals surface area contributed by atoms with Crippen LogP contribution in [-0.2, 0) is 4.79 Å². The minimum Gasteiger partial charge on any atom is -0.479 e. The van der Waals surface area contributed by atoms with E-state index in [-0.39, 0.29) is 11.7 Å². The number of carboxylic acids is 1. The Morgan fingerprint density at radius 1 is 1.13 bits per heavy atom. The first kappa shape index (κ1) is 20.5. The summed E-state index contributed by atoms with van der Waals surface area (Å²) >= 11 is 5.98. The molecule has 1 saturated heterocycles. The van der Waals surface area contributed by atoms with E-state index < -0.39 is 11.5 Å². The van der Waals surface area contributed by atoms with Gasteiger partial charge < -0.3 is 14.4 Å². The highest BCUT2D eigenvalue weighted by Crippen LogP contribution is 2.36. The lowest BCUT2D eigenvalue weighted by Gasteiger charge is -2.43. The number of nitrogens with zero attached hydrogens (tertiary/aromatic N) is 1. The minimum absolute atomic E-state index is 0.222. The lowest BCUT2D eigenvalue weighted by molar-refractivity contribution is -0.152. The first-order valence-electron chi connectivity index (χ1n) is 10.2. The summed E-state index contributed by atoms with van der Waals surface area (Å²) in [5.41, 5.74) is 2.12. The van der Waals surface area contributed by atoms with Gasteiger partial charge in [-0.2, -0.15) is 0 Å². The van der Waals surface area contributed by atoms with Crippen LogP contribution in [0.2, 0.25) is 5.02 Å². The molecule has 3 aromatic rings. The molecule has 1 aromatic heterocycles. The Labute approximate surface area is 180 Å². The van der Waals surface area contributed by atoms with Gasteiger partial charge in [0.05, 0.1) is 0 Å². The summed E-state index contributed by atoms with van der Waals surface area (Å²) < 4.78 is 6.01. The second kappa shape index (κ2) is 7.80. The van der Waals surface area contributed by atoms with Gasteiger partial charge in [-0.25, -0.2) is 4.79 Å². The number of aryl methyl sites for hydroxylation is 1. The number of piperidine rings is 1. The predicted octanol–water partition coefficient (Wildman–Crippen LogP) is 5.92. The van der Waals surface area contributed by atoms with Crippen LogP contribution in [0.1, 0.15) is 48.7 Å². The number of hydrogen-bond acceptors (Lipinski definition) is 3. The molecular weight excluding hydrogens is 402 g/mol. The molecule has 1 aliphatic rings. The maximum Gasteiger partial charge on any atom is 0.329 e. The fourth-order valence-corrected chi connectivity index (χ4v) is 4.57. The van der Waals surface area contributed by atoms with Gasteiger partial charge in [-0.15, -0.1) is 0 Å². The van der Waals surface area contributed by atoms with Gasteiger partial charge in [0.2, 0.25) is 0 Å². The Kier molecular flexibility index (Phi) is 5.33. The molecule has 2 aromatic carbocycles. The van der Waals surface area contributed by atoms with Crippen molar-refractivity contribution < 1.29 is 19.1 Å². The summed E-state index contributed by atoms with van der Waals surface area (Å²) in [5.74, 6) is -1.07. The van der Waals surface area contributed by atoms with Crippen LogP contribution >= 0.6 is 11.6 Å². The Balaban J connectivity index is 1.75. The number of furan rings is 1. The standard InChI is InChI=1S/C24H24ClNO4/c1-3-24(23(28)29)12-4-5-13-26(24)22(27)21-15(2)19-11-8-17(14-20(19)30-21)16-6-9-18(25)10-7-16/h6-11,14H,3-5,12-13H2,1-2H3,(H,28,29). The summed E-state index contributed by atoms with van der Waals surface area (Å²) in [6.45, 7) is 4.09. The monoisotopic (exact) mass is 425 g/mol. The maximum absolute atomic E-state index is 13.4. The van der Waals surface area contributed by atoms with Crippen LogP contribution in [0.5, 0.6) is 0 Å². The van der Waals surface area contributed by atoms with Gasteiger partial charge in [0.15, 0.2) is 5.76 Å². The molecule has 1 fully saturated rings. The minimum atomic E-state index is -1.17. The highest BCUT2D eigenvalue weighted by atomic mass is 35.5. The van der Waals surface area contributed by atoms with E-state index in [1.54, 1.807) is 0 Å². The van der Waals surface area contributed by atoms with E-state index in [0.29, 0.717) is 30.0 Å². The molecule has 6 heteroatoms. The molecule has 0 spiro atoms. The van der Waals surface area contributed by atoms with Crippen LogP contribution in [0, 0.1) is 6.92 Å². The molecule has 0 saturated carbocycles. The Morgan fingerprint density at radius 3 is 2.50 bits per heavy atom. The normalized spacial score (nSPS) is 19.2. The van der Waals surface area contributed by atoms with Crippen molar-refractivity contribution in [3.8, 4) is 11.1 Å². The third-order valence-corrected chi connectivity index (χ3v) is 6.53. The number of benzene rings is 2. The molecular formula is C24H24ClNO4. The second-order valence-corrected chi connectivity index (χ2v) is 8.31. The van der Waals surface area contributed by atoms with Crippen LogP contribution in [-0.4, -0.2) is 34.0 Å². The lowest BCUT2D eigenvalue weighted by Crippen LogP contribution is -2.59. The summed E-state index contributed by atoms with van der Waals surface area (Å²) in [7, 11) is 0. The van der Waals surface area contributed by atoms with Gasteiger partial charge in [-0.1, -0.05) is 42.8 Å². The predicted molar refractivity (Wildman–Crippen MR) is 117 cm³/mol. The third kappa shape index (κ3) is 3.27. The third-order valence-electron chi connectivity index (χ3n) is 6.28. The zero-order valence-electron chi connectivity index (χ0n) is 17.1. The molecule has 1 atom stereocenters. The van der Waals surface area contributed by atoms with Gasteiger partial charge in [-0.05, 0) is 61.9 Å². The number of aliphatic carboxylic acids is 1. The lowest BCUT2D eigenvalue weighted by atomic mass is 9.84. The number of halogens is 1. The fraction of sp³-hybridized carbons (Fsp3) is 0.333. The highest BCUT2D eigenvalue weighted by molar-refractivity contribution is 6.30. The quantitative estimate of drug-likeness (QED) is 0.563. The number of rotatable bonds is 4. The topological polar surface area (TPSA) is 70.8 Å². The number of fused-ring (bicyclic) bond motifs is 1. The average molecular weight is 426 g/mol. The van der Waals surface area contributed by atoms with Gasteiger partial charge in [-0.3, -0.25) is 4.79 Å². The molecule has 2 heterocycles. The molecule has 0 aliphatic carbocycles. The summed E-state index contributed by atoms with van der Waals surface area (Å²) in [5, 5.41) is 11.4. The molecule has 1 unspecified atom stereocenters. The zero-order chi connectivity index (χ0) is 21.5. The SMILES string of the molecule is CCC1(C(=O)O)CCCCN1C(=O)c1oc2cc(-c3ccc(Cl)cc3)ccc2c1C. The van der Waals surface area contributed by atoms with E-state index >= 15 is 0 Å². The molecule has 0 bridgehead atoms. The fourth-order valence-electron chi connectivity index (χ4n) is 4.45. The molecule has 0 radical (unpaired) electrons. The number of carboxylic acid groups (broad SMARTS) is 1. The van der Waals surface area contributed by atoms with Crippen molar-refractivity contribution in [1.29, 1.82) is 0 Å². The largest absolute Gasteiger partial charge is 0.479 e. The van der Waals surface area contributed by atoms with Crippen LogP contribution in [0.15, 0.2) is 46.9 Å². The smallest absolute Gasteiger partial charge is 0.329 e. The summed E-state index contributed by atoms with van der Waals surface area (Å²) in [6, 6.07) is 13.4. The first-order chi connectivity index (χ1) is 14.4. The van der Waals surface area contributed by atoms with E-state index in [4.69, 9.17) is 16.0 Å². The van der Waals surface area contributed by atoms with Crippen molar-refractivity contribution in [2.75, 3.05) is 6.54 Å².